The van der Waals surface area contributed by atoms with E-state index in [1.54, 1.807) is 0 Å². The molecular weight excluding hydrogens is 210 g/mol. The molecule has 3 heteroatoms. The molecule has 0 spiro atoms. The normalized spacial score (nSPS) is 21.4. The van der Waals surface area contributed by atoms with Crippen molar-refractivity contribution in [2.45, 2.75) is 33.1 Å². The van der Waals surface area contributed by atoms with Crippen LogP contribution < -0.4 is 5.32 Å². The van der Waals surface area contributed by atoms with E-state index in [1.165, 1.54) is 6.42 Å². The van der Waals surface area contributed by atoms with Crippen molar-refractivity contribution in [3.63, 3.8) is 0 Å². The minimum absolute atomic E-state index is 0.0621. The number of rotatable bonds is 4. The summed E-state index contributed by atoms with van der Waals surface area (Å²) in [4.78, 5) is 11.7. The van der Waals surface area contributed by atoms with Gasteiger partial charge in [-0.15, -0.1) is 11.6 Å². The molecule has 0 saturated heterocycles. The fourth-order valence-electron chi connectivity index (χ4n) is 1.58. The van der Waals surface area contributed by atoms with Gasteiger partial charge in [-0.3, -0.25) is 4.79 Å². The lowest BCUT2D eigenvalue weighted by Crippen LogP contribution is -2.40. The van der Waals surface area contributed by atoms with Gasteiger partial charge < -0.3 is 5.32 Å². The van der Waals surface area contributed by atoms with Gasteiger partial charge in [0.15, 0.2) is 0 Å². The average Bonchev–Trinajstić information content (AvgIpc) is 2.27. The lowest BCUT2D eigenvalue weighted by Gasteiger charge is -2.23. The van der Waals surface area contributed by atoms with Crippen LogP contribution in [0.4, 0.5) is 0 Å². The van der Waals surface area contributed by atoms with Crippen LogP contribution in [0.2, 0.25) is 0 Å². The van der Waals surface area contributed by atoms with Crippen molar-refractivity contribution in [3.8, 4) is 0 Å². The van der Waals surface area contributed by atoms with Crippen molar-refractivity contribution in [3.05, 3.63) is 12.2 Å². The Hall–Kier alpha value is -0.500. The first kappa shape index (κ1) is 12.6. The number of carbonyl (C=O) groups is 1. The zero-order chi connectivity index (χ0) is 11.3. The fraction of sp³-hybridized carbons (Fsp3) is 0.750. The molecule has 0 bridgehead atoms. The van der Waals surface area contributed by atoms with Crippen molar-refractivity contribution in [1.29, 1.82) is 0 Å². The molecular formula is C12H20ClNO. The second-order valence-corrected chi connectivity index (χ2v) is 5.15. The summed E-state index contributed by atoms with van der Waals surface area (Å²) in [6, 6.07) is 0. The first-order chi connectivity index (χ1) is 7.06. The molecule has 1 rings (SSSR count). The number of alkyl halides is 1. The Bertz CT molecular complexity index is 248. The summed E-state index contributed by atoms with van der Waals surface area (Å²) in [5, 5.41) is 2.99. The number of amides is 1. The monoisotopic (exact) mass is 229 g/mol. The zero-order valence-corrected chi connectivity index (χ0v) is 10.3. The van der Waals surface area contributed by atoms with Gasteiger partial charge in [0.1, 0.15) is 0 Å². The van der Waals surface area contributed by atoms with Gasteiger partial charge in [-0.25, -0.2) is 0 Å². The van der Waals surface area contributed by atoms with E-state index in [9.17, 15) is 4.79 Å². The van der Waals surface area contributed by atoms with E-state index in [-0.39, 0.29) is 5.91 Å². The van der Waals surface area contributed by atoms with E-state index in [1.807, 2.05) is 13.8 Å². The van der Waals surface area contributed by atoms with Crippen LogP contribution in [0.25, 0.3) is 0 Å². The van der Waals surface area contributed by atoms with Crippen molar-refractivity contribution < 1.29 is 4.79 Å². The first-order valence-corrected chi connectivity index (χ1v) is 6.09. The molecule has 1 amide bonds. The summed E-state index contributed by atoms with van der Waals surface area (Å²) in [6.07, 6.45) is 7.81. The maximum absolute atomic E-state index is 11.7. The quantitative estimate of drug-likeness (QED) is 0.583. The van der Waals surface area contributed by atoms with Crippen LogP contribution in [0.3, 0.4) is 0 Å². The van der Waals surface area contributed by atoms with Gasteiger partial charge in [0, 0.05) is 12.4 Å². The van der Waals surface area contributed by atoms with E-state index in [2.05, 4.69) is 17.5 Å². The molecule has 0 aromatic rings. The Morgan fingerprint density at radius 3 is 2.80 bits per heavy atom. The number of nitrogens with one attached hydrogen (secondary N) is 1. The maximum Gasteiger partial charge on any atom is 0.226 e. The Morgan fingerprint density at radius 1 is 1.53 bits per heavy atom. The predicted octanol–water partition coefficient (Wildman–Crippen LogP) is 2.72. The summed E-state index contributed by atoms with van der Waals surface area (Å²) < 4.78 is 0. The van der Waals surface area contributed by atoms with Gasteiger partial charge in [-0.2, -0.15) is 0 Å². The van der Waals surface area contributed by atoms with E-state index < -0.39 is 5.41 Å². The molecule has 0 aromatic carbocycles. The van der Waals surface area contributed by atoms with E-state index >= 15 is 0 Å². The molecule has 1 N–H and O–H groups in total. The maximum atomic E-state index is 11.7. The van der Waals surface area contributed by atoms with Crippen LogP contribution in [0.1, 0.15) is 33.1 Å². The Balaban J connectivity index is 2.30. The van der Waals surface area contributed by atoms with Crippen LogP contribution in [0.5, 0.6) is 0 Å². The number of carbonyl (C=O) groups excluding carboxylic acids is 1. The molecule has 86 valence electrons. The van der Waals surface area contributed by atoms with Crippen molar-refractivity contribution in [2.24, 2.45) is 11.3 Å². The third-order valence-electron chi connectivity index (χ3n) is 2.88. The largest absolute Gasteiger partial charge is 0.355 e. The van der Waals surface area contributed by atoms with Crippen LogP contribution in [0, 0.1) is 11.3 Å². The molecule has 2 nitrogen and oxygen atoms in total. The highest BCUT2D eigenvalue weighted by atomic mass is 35.5. The minimum Gasteiger partial charge on any atom is -0.355 e. The Morgan fingerprint density at radius 2 is 2.27 bits per heavy atom. The second kappa shape index (κ2) is 5.55. The molecule has 0 aliphatic heterocycles. The van der Waals surface area contributed by atoms with Crippen LogP contribution in [0.15, 0.2) is 12.2 Å². The average molecular weight is 230 g/mol. The standard InChI is InChI=1S/C12H20ClNO/c1-12(2,9-13)11(15)14-8-10-6-4-3-5-7-10/h3-4,10H,5-9H2,1-2H3,(H,14,15). The third-order valence-corrected chi connectivity index (χ3v) is 3.55. The molecule has 1 atom stereocenters. The second-order valence-electron chi connectivity index (χ2n) is 4.88. The van der Waals surface area contributed by atoms with Gasteiger partial charge in [-0.1, -0.05) is 12.2 Å². The van der Waals surface area contributed by atoms with Crippen LogP contribution >= 0.6 is 11.6 Å². The zero-order valence-electron chi connectivity index (χ0n) is 9.55. The van der Waals surface area contributed by atoms with Gasteiger partial charge >= 0.3 is 0 Å². The highest BCUT2D eigenvalue weighted by Crippen LogP contribution is 2.19. The fourth-order valence-corrected chi connectivity index (χ4v) is 1.70. The highest BCUT2D eigenvalue weighted by Gasteiger charge is 2.26. The number of hydrogen-bond acceptors (Lipinski definition) is 1. The molecule has 0 saturated carbocycles. The number of halogens is 1. The SMILES string of the molecule is CC(C)(CCl)C(=O)NCC1CC=CCC1. The Kier molecular flexibility index (Phi) is 4.65. The summed E-state index contributed by atoms with van der Waals surface area (Å²) in [5.41, 5.74) is -0.452. The summed E-state index contributed by atoms with van der Waals surface area (Å²) >= 11 is 5.74. The van der Waals surface area contributed by atoms with Crippen LogP contribution in [-0.4, -0.2) is 18.3 Å². The van der Waals surface area contributed by atoms with Crippen LogP contribution in [-0.2, 0) is 4.79 Å². The van der Waals surface area contributed by atoms with E-state index in [4.69, 9.17) is 11.6 Å². The molecule has 0 fully saturated rings. The molecule has 1 aliphatic carbocycles. The lowest BCUT2D eigenvalue weighted by molar-refractivity contribution is -0.128. The highest BCUT2D eigenvalue weighted by molar-refractivity contribution is 6.19. The van der Waals surface area contributed by atoms with Gasteiger partial charge in [0.25, 0.3) is 0 Å². The lowest BCUT2D eigenvalue weighted by atomic mass is 9.92. The molecule has 1 aliphatic rings. The molecule has 0 aromatic heterocycles. The molecule has 1 unspecified atom stereocenters. The van der Waals surface area contributed by atoms with Gasteiger partial charge in [0.2, 0.25) is 5.91 Å². The predicted molar refractivity (Wildman–Crippen MR) is 64.0 cm³/mol. The third kappa shape index (κ3) is 3.86. The molecule has 0 radical (unpaired) electrons. The molecule has 15 heavy (non-hydrogen) atoms. The molecule has 0 heterocycles. The number of allylic oxidation sites excluding steroid dienone is 2. The van der Waals surface area contributed by atoms with Gasteiger partial charge in [0.05, 0.1) is 5.41 Å². The van der Waals surface area contributed by atoms with E-state index in [0.717, 1.165) is 19.4 Å². The first-order valence-electron chi connectivity index (χ1n) is 5.55. The van der Waals surface area contributed by atoms with Gasteiger partial charge in [-0.05, 0) is 39.0 Å². The summed E-state index contributed by atoms with van der Waals surface area (Å²) in [5.74, 6) is 1.03. The van der Waals surface area contributed by atoms with Crippen molar-refractivity contribution >= 4 is 17.5 Å². The minimum atomic E-state index is -0.452. The van der Waals surface area contributed by atoms with Crippen molar-refractivity contribution in [2.75, 3.05) is 12.4 Å². The number of hydrogen-bond donors (Lipinski definition) is 1. The van der Waals surface area contributed by atoms with Crippen molar-refractivity contribution in [1.82, 2.24) is 5.32 Å². The smallest absolute Gasteiger partial charge is 0.226 e. The summed E-state index contributed by atoms with van der Waals surface area (Å²) in [7, 11) is 0. The summed E-state index contributed by atoms with van der Waals surface area (Å²) in [6.45, 7) is 4.52. The van der Waals surface area contributed by atoms with E-state index in [0.29, 0.717) is 11.8 Å². The topological polar surface area (TPSA) is 29.1 Å². The Labute approximate surface area is 97.1 Å².